The minimum atomic E-state index is -3.48. The summed E-state index contributed by atoms with van der Waals surface area (Å²) < 4.78 is 24.9. The maximum atomic E-state index is 12.5. The molecule has 0 bridgehead atoms. The molecule has 0 spiro atoms. The Morgan fingerprint density at radius 1 is 1.00 bits per heavy atom. The molecule has 1 atom stereocenters. The van der Waals surface area contributed by atoms with Gasteiger partial charge in [-0.3, -0.25) is 4.79 Å². The molecule has 0 aliphatic rings. The Bertz CT molecular complexity index is 749. The molecule has 0 heterocycles. The van der Waals surface area contributed by atoms with Crippen LogP contribution in [0.15, 0.2) is 64.4 Å². The van der Waals surface area contributed by atoms with Gasteiger partial charge >= 0.3 is 5.97 Å². The van der Waals surface area contributed by atoms with Crippen LogP contribution in [-0.4, -0.2) is 19.5 Å². The van der Waals surface area contributed by atoms with E-state index in [1.807, 2.05) is 6.92 Å². The first-order chi connectivity index (χ1) is 10.9. The van der Waals surface area contributed by atoms with Crippen molar-refractivity contribution in [2.24, 2.45) is 5.92 Å². The molecule has 1 unspecified atom stereocenters. The van der Waals surface area contributed by atoms with Crippen LogP contribution in [-0.2, 0) is 21.1 Å². The van der Waals surface area contributed by atoms with Crippen molar-refractivity contribution in [1.82, 2.24) is 0 Å². The predicted molar refractivity (Wildman–Crippen MR) is 88.1 cm³/mol. The van der Waals surface area contributed by atoms with E-state index in [-0.39, 0.29) is 22.1 Å². The fraction of sp³-hybridized carbons (Fsp3) is 0.278. The second kappa shape index (κ2) is 7.42. The quantitative estimate of drug-likeness (QED) is 0.841. The zero-order valence-corrected chi connectivity index (χ0v) is 13.8. The molecule has 4 nitrogen and oxygen atoms in total. The van der Waals surface area contributed by atoms with Crippen molar-refractivity contribution in [1.29, 1.82) is 0 Å². The molecule has 1 N–H and O–H groups in total. The third kappa shape index (κ3) is 4.66. The zero-order chi connectivity index (χ0) is 16.9. The number of hydrogen-bond donors (Lipinski definition) is 1. The number of benzene rings is 2. The number of sulfone groups is 1. The van der Waals surface area contributed by atoms with Crippen LogP contribution in [0.25, 0.3) is 0 Å². The standard InChI is InChI=1S/C18H20O4S/c1-14(13-18(19)20)7-8-15-9-11-17(12-10-15)23(21,22)16-5-3-2-4-6-16/h2-6,9-12,14H,7-8,13H2,1H3,(H,19,20). The smallest absolute Gasteiger partial charge is 0.303 e. The zero-order valence-electron chi connectivity index (χ0n) is 13.0. The van der Waals surface area contributed by atoms with Gasteiger partial charge in [0.15, 0.2) is 0 Å². The Hall–Kier alpha value is -2.14. The summed E-state index contributed by atoms with van der Waals surface area (Å²) in [6, 6.07) is 15.1. The van der Waals surface area contributed by atoms with Crippen molar-refractivity contribution in [2.75, 3.05) is 0 Å². The molecular formula is C18H20O4S. The van der Waals surface area contributed by atoms with Crippen LogP contribution in [0.4, 0.5) is 0 Å². The van der Waals surface area contributed by atoms with Gasteiger partial charge in [0, 0.05) is 6.42 Å². The summed E-state index contributed by atoms with van der Waals surface area (Å²) in [5.74, 6) is -0.693. The third-order valence-corrected chi connectivity index (χ3v) is 5.52. The number of aryl methyl sites for hydroxylation is 1. The lowest BCUT2D eigenvalue weighted by Crippen LogP contribution is -2.05. The fourth-order valence-corrected chi connectivity index (χ4v) is 3.67. The van der Waals surface area contributed by atoms with Gasteiger partial charge in [0.1, 0.15) is 0 Å². The van der Waals surface area contributed by atoms with Crippen LogP contribution in [0.2, 0.25) is 0 Å². The van der Waals surface area contributed by atoms with Crippen LogP contribution in [0.5, 0.6) is 0 Å². The molecule has 2 rings (SSSR count). The molecule has 0 saturated carbocycles. The highest BCUT2D eigenvalue weighted by Gasteiger charge is 2.16. The molecule has 2 aromatic rings. The first-order valence-corrected chi connectivity index (χ1v) is 8.99. The van der Waals surface area contributed by atoms with Gasteiger partial charge in [-0.2, -0.15) is 0 Å². The number of aliphatic carboxylic acids is 1. The van der Waals surface area contributed by atoms with Gasteiger partial charge in [0.2, 0.25) is 9.84 Å². The first kappa shape index (κ1) is 17.2. The number of carboxylic acids is 1. The highest BCUT2D eigenvalue weighted by Crippen LogP contribution is 2.21. The SMILES string of the molecule is CC(CCc1ccc(S(=O)(=O)c2ccccc2)cc1)CC(=O)O. The van der Waals surface area contributed by atoms with Crippen molar-refractivity contribution in [3.05, 3.63) is 60.2 Å². The topological polar surface area (TPSA) is 71.4 Å². The highest BCUT2D eigenvalue weighted by atomic mass is 32.2. The predicted octanol–water partition coefficient (Wildman–Crippen LogP) is 3.56. The molecule has 0 aliphatic carbocycles. The molecule has 0 aromatic heterocycles. The Balaban J connectivity index is 2.06. The van der Waals surface area contributed by atoms with Crippen molar-refractivity contribution in [3.8, 4) is 0 Å². The number of hydrogen-bond acceptors (Lipinski definition) is 3. The van der Waals surface area contributed by atoms with E-state index in [4.69, 9.17) is 5.11 Å². The van der Waals surface area contributed by atoms with Gasteiger partial charge in [-0.25, -0.2) is 8.42 Å². The Labute approximate surface area is 136 Å². The largest absolute Gasteiger partial charge is 0.481 e. The molecule has 0 saturated heterocycles. The van der Waals surface area contributed by atoms with E-state index in [0.717, 1.165) is 18.4 Å². The monoisotopic (exact) mass is 332 g/mol. The minimum absolute atomic E-state index is 0.0974. The maximum absolute atomic E-state index is 12.5. The van der Waals surface area contributed by atoms with E-state index in [9.17, 15) is 13.2 Å². The molecule has 0 fully saturated rings. The summed E-state index contributed by atoms with van der Waals surface area (Å²) in [7, 11) is -3.48. The molecule has 2 aromatic carbocycles. The van der Waals surface area contributed by atoms with Gasteiger partial charge in [0.05, 0.1) is 9.79 Å². The summed E-state index contributed by atoms with van der Waals surface area (Å²) in [6.45, 7) is 1.91. The minimum Gasteiger partial charge on any atom is -0.481 e. The lowest BCUT2D eigenvalue weighted by molar-refractivity contribution is -0.138. The molecule has 122 valence electrons. The number of carbonyl (C=O) groups is 1. The summed E-state index contributed by atoms with van der Waals surface area (Å²) in [4.78, 5) is 11.2. The Kier molecular flexibility index (Phi) is 5.55. The van der Waals surface area contributed by atoms with Crippen LogP contribution in [0, 0.1) is 5.92 Å². The van der Waals surface area contributed by atoms with Gasteiger partial charge < -0.3 is 5.11 Å². The van der Waals surface area contributed by atoms with Gasteiger partial charge in [-0.15, -0.1) is 0 Å². The molecule has 23 heavy (non-hydrogen) atoms. The van der Waals surface area contributed by atoms with Crippen LogP contribution in [0.1, 0.15) is 25.3 Å². The number of rotatable bonds is 7. The molecular weight excluding hydrogens is 312 g/mol. The third-order valence-electron chi connectivity index (χ3n) is 3.74. The van der Waals surface area contributed by atoms with Crippen molar-refractivity contribution in [2.45, 2.75) is 36.0 Å². The average Bonchev–Trinajstić information content (AvgIpc) is 2.53. The second-order valence-corrected chi connectivity index (χ2v) is 7.65. The van der Waals surface area contributed by atoms with Crippen LogP contribution >= 0.6 is 0 Å². The van der Waals surface area contributed by atoms with E-state index in [0.29, 0.717) is 0 Å². The van der Waals surface area contributed by atoms with Crippen molar-refractivity contribution < 1.29 is 18.3 Å². The summed E-state index contributed by atoms with van der Waals surface area (Å²) in [6.07, 6.45) is 1.65. The van der Waals surface area contributed by atoms with E-state index in [2.05, 4.69) is 0 Å². The van der Waals surface area contributed by atoms with Gasteiger partial charge in [-0.1, -0.05) is 37.3 Å². The molecule has 0 aliphatic heterocycles. The summed E-state index contributed by atoms with van der Waals surface area (Å²) in [5, 5.41) is 8.75. The molecule has 0 amide bonds. The fourth-order valence-electron chi connectivity index (χ4n) is 2.38. The lowest BCUT2D eigenvalue weighted by atomic mass is 9.98. The van der Waals surface area contributed by atoms with Gasteiger partial charge in [0.25, 0.3) is 0 Å². The highest BCUT2D eigenvalue weighted by molar-refractivity contribution is 7.91. The van der Waals surface area contributed by atoms with Crippen LogP contribution < -0.4 is 0 Å². The van der Waals surface area contributed by atoms with Crippen LogP contribution in [0.3, 0.4) is 0 Å². The van der Waals surface area contributed by atoms with Crippen molar-refractivity contribution in [3.63, 3.8) is 0 Å². The second-order valence-electron chi connectivity index (χ2n) is 5.70. The van der Waals surface area contributed by atoms with Gasteiger partial charge in [-0.05, 0) is 48.6 Å². The van der Waals surface area contributed by atoms with E-state index >= 15 is 0 Å². The first-order valence-electron chi connectivity index (χ1n) is 7.50. The maximum Gasteiger partial charge on any atom is 0.303 e. The normalized spacial score (nSPS) is 12.7. The summed E-state index contributed by atoms with van der Waals surface area (Å²) in [5.41, 5.74) is 1.01. The molecule has 5 heteroatoms. The Morgan fingerprint density at radius 3 is 2.13 bits per heavy atom. The summed E-state index contributed by atoms with van der Waals surface area (Å²) >= 11 is 0. The van der Waals surface area contributed by atoms with E-state index in [1.54, 1.807) is 54.6 Å². The Morgan fingerprint density at radius 2 is 1.57 bits per heavy atom. The van der Waals surface area contributed by atoms with E-state index < -0.39 is 15.8 Å². The average molecular weight is 332 g/mol. The number of carboxylic acid groups (broad SMARTS) is 1. The van der Waals surface area contributed by atoms with E-state index in [1.165, 1.54) is 0 Å². The lowest BCUT2D eigenvalue weighted by Gasteiger charge is -2.09. The molecule has 0 radical (unpaired) electrons. The van der Waals surface area contributed by atoms with Crippen molar-refractivity contribution >= 4 is 15.8 Å².